The third-order valence-corrected chi connectivity index (χ3v) is 3.40. The van der Waals surface area contributed by atoms with Crippen LogP contribution in [0.5, 0.6) is 0 Å². The van der Waals surface area contributed by atoms with Crippen molar-refractivity contribution < 1.29 is 4.79 Å². The van der Waals surface area contributed by atoms with Crippen molar-refractivity contribution in [2.75, 3.05) is 5.32 Å². The van der Waals surface area contributed by atoms with Gasteiger partial charge < -0.3 is 11.1 Å². The molecule has 0 aromatic heterocycles. The molecule has 0 atom stereocenters. The molecule has 1 aliphatic rings. The van der Waals surface area contributed by atoms with Gasteiger partial charge in [-0.25, -0.2) is 0 Å². The Morgan fingerprint density at radius 2 is 2.18 bits per heavy atom. The van der Waals surface area contributed by atoms with Crippen LogP contribution in [0.25, 0.3) is 0 Å². The van der Waals surface area contributed by atoms with Crippen molar-refractivity contribution in [1.29, 1.82) is 0 Å². The van der Waals surface area contributed by atoms with Gasteiger partial charge in [0.2, 0.25) is 0 Å². The molecule has 0 bridgehead atoms. The Morgan fingerprint density at radius 3 is 2.82 bits per heavy atom. The Kier molecular flexibility index (Phi) is 2.91. The summed E-state index contributed by atoms with van der Waals surface area (Å²) in [5.41, 5.74) is 8.17. The number of hydrogen-bond donors (Lipinski definition) is 2. The van der Waals surface area contributed by atoms with Gasteiger partial charge in [0.25, 0.3) is 0 Å². The second kappa shape index (κ2) is 4.11. The van der Waals surface area contributed by atoms with Crippen LogP contribution in [0, 0.1) is 0 Å². The fourth-order valence-electron chi connectivity index (χ4n) is 2.28. The molecule has 0 aliphatic heterocycles. The van der Waals surface area contributed by atoms with Gasteiger partial charge in [-0.05, 0) is 41.7 Å². The van der Waals surface area contributed by atoms with Crippen molar-refractivity contribution in [3.8, 4) is 0 Å². The molecule has 1 aromatic carbocycles. The monoisotopic (exact) mass is 248 g/mol. The number of Topliss-reactive ketones (excluding diaryl/α,β-unsaturated/α-hetero) is 1. The van der Waals surface area contributed by atoms with Crippen LogP contribution in [-0.4, -0.2) is 10.9 Å². The average molecular weight is 248 g/mol. The molecule has 3 N–H and O–H groups in total. The molecule has 0 unspecified atom stereocenters. The fourth-order valence-corrected chi connectivity index (χ4v) is 2.40. The van der Waals surface area contributed by atoms with Crippen LogP contribution in [0.3, 0.4) is 0 Å². The molecular formula is C13H16N2OS. The molecule has 0 heterocycles. The van der Waals surface area contributed by atoms with E-state index in [4.69, 9.17) is 18.0 Å². The van der Waals surface area contributed by atoms with E-state index in [-0.39, 0.29) is 16.3 Å². The van der Waals surface area contributed by atoms with Crippen molar-refractivity contribution in [3.05, 3.63) is 29.3 Å². The summed E-state index contributed by atoms with van der Waals surface area (Å²) in [6.45, 7) is 4.33. The van der Waals surface area contributed by atoms with Gasteiger partial charge in [-0.2, -0.15) is 0 Å². The highest BCUT2D eigenvalue weighted by Gasteiger charge is 2.31. The minimum absolute atomic E-state index is 0.0605. The lowest BCUT2D eigenvalue weighted by Crippen LogP contribution is -2.27. The Labute approximate surface area is 106 Å². The quantitative estimate of drug-likeness (QED) is 0.750. The summed E-state index contributed by atoms with van der Waals surface area (Å²) in [6.07, 6.45) is 1.51. The fraction of sp³-hybridized carbons (Fsp3) is 0.385. The van der Waals surface area contributed by atoms with E-state index >= 15 is 0 Å². The minimum Gasteiger partial charge on any atom is -0.376 e. The highest BCUT2D eigenvalue weighted by molar-refractivity contribution is 7.80. The van der Waals surface area contributed by atoms with Crippen molar-refractivity contribution >= 4 is 28.8 Å². The predicted molar refractivity (Wildman–Crippen MR) is 73.4 cm³/mol. The number of benzene rings is 1. The Bertz CT molecular complexity index is 494. The molecule has 4 heteroatoms. The molecule has 1 aromatic rings. The lowest BCUT2D eigenvalue weighted by Gasteiger charge is -2.31. The second-order valence-corrected chi connectivity index (χ2v) is 5.50. The average Bonchev–Trinajstić information content (AvgIpc) is 2.23. The number of nitrogens with two attached hydrogens (primary N) is 1. The lowest BCUT2D eigenvalue weighted by atomic mass is 9.72. The summed E-state index contributed by atoms with van der Waals surface area (Å²) in [5.74, 6) is 0.200. The van der Waals surface area contributed by atoms with Crippen molar-refractivity contribution in [2.45, 2.75) is 32.1 Å². The van der Waals surface area contributed by atoms with Crippen molar-refractivity contribution in [2.24, 2.45) is 5.73 Å². The molecule has 0 radical (unpaired) electrons. The van der Waals surface area contributed by atoms with E-state index in [9.17, 15) is 4.79 Å². The van der Waals surface area contributed by atoms with E-state index in [2.05, 4.69) is 19.2 Å². The van der Waals surface area contributed by atoms with Gasteiger partial charge in [0, 0.05) is 17.7 Å². The topological polar surface area (TPSA) is 55.1 Å². The van der Waals surface area contributed by atoms with Crippen LogP contribution >= 0.6 is 12.2 Å². The first-order valence-corrected chi connectivity index (χ1v) is 6.05. The molecule has 0 fully saturated rings. The van der Waals surface area contributed by atoms with E-state index in [1.807, 2.05) is 18.2 Å². The predicted octanol–water partition coefficient (Wildman–Crippen LogP) is 2.60. The van der Waals surface area contributed by atoms with Crippen LogP contribution in [0.4, 0.5) is 5.69 Å². The Hall–Kier alpha value is -1.42. The van der Waals surface area contributed by atoms with Crippen LogP contribution in [0.1, 0.15) is 42.6 Å². The molecule has 0 saturated carbocycles. The van der Waals surface area contributed by atoms with Gasteiger partial charge in [-0.15, -0.1) is 0 Å². The molecule has 0 saturated heterocycles. The summed E-state index contributed by atoms with van der Waals surface area (Å²) >= 11 is 4.79. The first kappa shape index (κ1) is 12.0. The molecular weight excluding hydrogens is 232 g/mol. The molecule has 17 heavy (non-hydrogen) atoms. The maximum Gasteiger partial charge on any atom is 0.168 e. The summed E-state index contributed by atoms with van der Waals surface area (Å²) in [6, 6.07) is 5.75. The van der Waals surface area contributed by atoms with Crippen LogP contribution in [0.2, 0.25) is 0 Å². The number of rotatable bonds is 1. The number of hydrogen-bond acceptors (Lipinski definition) is 2. The summed E-state index contributed by atoms with van der Waals surface area (Å²) in [4.78, 5) is 11.9. The van der Waals surface area contributed by atoms with Gasteiger partial charge in [0.1, 0.15) is 0 Å². The minimum atomic E-state index is 0.0605. The summed E-state index contributed by atoms with van der Waals surface area (Å²) < 4.78 is 0. The van der Waals surface area contributed by atoms with Gasteiger partial charge in [0.15, 0.2) is 10.9 Å². The van der Waals surface area contributed by atoms with E-state index in [1.54, 1.807) is 0 Å². The number of thiocarbonyl (C=S) groups is 1. The Balaban J connectivity index is 2.46. The van der Waals surface area contributed by atoms with Gasteiger partial charge in [-0.3, -0.25) is 4.79 Å². The van der Waals surface area contributed by atoms with E-state index in [0.29, 0.717) is 6.42 Å². The van der Waals surface area contributed by atoms with E-state index in [0.717, 1.165) is 23.2 Å². The third-order valence-electron chi connectivity index (χ3n) is 3.29. The smallest absolute Gasteiger partial charge is 0.168 e. The molecule has 0 spiro atoms. The number of carbonyl (C=O) groups excluding carboxylic acids is 1. The van der Waals surface area contributed by atoms with Crippen LogP contribution in [-0.2, 0) is 5.41 Å². The van der Waals surface area contributed by atoms with Crippen molar-refractivity contribution in [1.82, 2.24) is 0 Å². The zero-order chi connectivity index (χ0) is 12.6. The zero-order valence-corrected chi connectivity index (χ0v) is 10.9. The number of nitrogens with one attached hydrogen (secondary N) is 1. The van der Waals surface area contributed by atoms with Gasteiger partial charge in [-0.1, -0.05) is 19.9 Å². The zero-order valence-electron chi connectivity index (χ0n) is 10.0. The van der Waals surface area contributed by atoms with Crippen LogP contribution < -0.4 is 11.1 Å². The number of fused-ring (bicyclic) bond motifs is 1. The maximum atomic E-state index is 11.9. The summed E-state index contributed by atoms with van der Waals surface area (Å²) in [7, 11) is 0. The second-order valence-electron chi connectivity index (χ2n) is 5.06. The molecule has 1 aliphatic carbocycles. The van der Waals surface area contributed by atoms with E-state index < -0.39 is 0 Å². The van der Waals surface area contributed by atoms with Gasteiger partial charge in [0.05, 0.1) is 0 Å². The molecule has 90 valence electrons. The lowest BCUT2D eigenvalue weighted by molar-refractivity contribution is 0.0957. The molecule has 2 rings (SSSR count). The number of anilines is 1. The third kappa shape index (κ3) is 2.31. The first-order valence-electron chi connectivity index (χ1n) is 5.64. The number of ketones is 1. The summed E-state index contributed by atoms with van der Waals surface area (Å²) in [5, 5.41) is 3.08. The largest absolute Gasteiger partial charge is 0.376 e. The van der Waals surface area contributed by atoms with Crippen molar-refractivity contribution in [3.63, 3.8) is 0 Å². The maximum absolute atomic E-state index is 11.9. The molecule has 3 nitrogen and oxygen atoms in total. The number of carbonyl (C=O) groups is 1. The van der Waals surface area contributed by atoms with Gasteiger partial charge >= 0.3 is 0 Å². The normalized spacial score (nSPS) is 17.4. The SMILES string of the molecule is CC1(C)CCC(=O)c2cc(NC(N)=S)ccc21. The van der Waals surface area contributed by atoms with Crippen LogP contribution in [0.15, 0.2) is 18.2 Å². The highest BCUT2D eigenvalue weighted by Crippen LogP contribution is 2.37. The van der Waals surface area contributed by atoms with E-state index in [1.165, 1.54) is 0 Å². The Morgan fingerprint density at radius 1 is 1.47 bits per heavy atom. The first-order chi connectivity index (χ1) is 7.90. The molecule has 0 amide bonds. The highest BCUT2D eigenvalue weighted by atomic mass is 32.1. The standard InChI is InChI=1S/C13H16N2OS/c1-13(2)6-5-11(16)9-7-8(15-12(14)17)3-4-10(9)13/h3-4,7H,5-6H2,1-2H3,(H3,14,15,17).